The Morgan fingerprint density at radius 1 is 1.09 bits per heavy atom. The van der Waals surface area contributed by atoms with Crippen LogP contribution in [0.4, 0.5) is 4.39 Å². The van der Waals surface area contributed by atoms with Crippen molar-refractivity contribution in [2.24, 2.45) is 5.92 Å². The maximum absolute atomic E-state index is 14.0. The Morgan fingerprint density at radius 2 is 1.74 bits per heavy atom. The molecule has 120 valence electrons. The highest BCUT2D eigenvalue weighted by Gasteiger charge is 2.39. The Morgan fingerprint density at radius 3 is 2.43 bits per heavy atom. The molecule has 2 atom stereocenters. The standard InChI is InChI=1S/C19H20FNO2/c1-21-13-8-12(9-14(21)11-23-10-13)19(22)17-6-7-18(20)16-5-3-2-4-15(16)17/h2-7,12-14H,8-11H2,1H3. The summed E-state index contributed by atoms with van der Waals surface area (Å²) in [4.78, 5) is 15.4. The third kappa shape index (κ3) is 2.46. The molecule has 0 radical (unpaired) electrons. The van der Waals surface area contributed by atoms with Crippen LogP contribution in [-0.4, -0.2) is 43.0 Å². The summed E-state index contributed by atoms with van der Waals surface area (Å²) in [6, 6.07) is 10.9. The van der Waals surface area contributed by atoms with Crippen LogP contribution < -0.4 is 0 Å². The van der Waals surface area contributed by atoms with Crippen LogP contribution in [0.3, 0.4) is 0 Å². The zero-order valence-corrected chi connectivity index (χ0v) is 13.2. The average molecular weight is 313 g/mol. The SMILES string of the molecule is CN1C2COCC1CC(C(=O)c1ccc(F)c3ccccc13)C2. The lowest BCUT2D eigenvalue weighted by Gasteiger charge is -2.46. The summed E-state index contributed by atoms with van der Waals surface area (Å²) in [5, 5.41) is 1.24. The molecular weight excluding hydrogens is 293 g/mol. The first-order valence-corrected chi connectivity index (χ1v) is 8.16. The lowest BCUT2D eigenvalue weighted by molar-refractivity contribution is -0.0702. The fraction of sp³-hybridized carbons (Fsp3) is 0.421. The van der Waals surface area contributed by atoms with Crippen molar-refractivity contribution < 1.29 is 13.9 Å². The number of Topliss-reactive ketones (excluding diaryl/α,β-unsaturated/α-hetero) is 1. The number of piperidine rings is 1. The van der Waals surface area contributed by atoms with Crippen molar-refractivity contribution >= 4 is 16.6 Å². The molecule has 2 aromatic rings. The Hall–Kier alpha value is -1.78. The van der Waals surface area contributed by atoms with Gasteiger partial charge < -0.3 is 4.74 Å². The average Bonchev–Trinajstić information content (AvgIpc) is 2.55. The molecule has 0 spiro atoms. The van der Waals surface area contributed by atoms with E-state index >= 15 is 0 Å². The Balaban J connectivity index is 1.69. The highest BCUT2D eigenvalue weighted by Crippen LogP contribution is 2.34. The molecule has 4 rings (SSSR count). The van der Waals surface area contributed by atoms with Crippen LogP contribution >= 0.6 is 0 Å². The molecule has 2 saturated heterocycles. The van der Waals surface area contributed by atoms with E-state index in [4.69, 9.17) is 4.74 Å². The predicted molar refractivity (Wildman–Crippen MR) is 87.1 cm³/mol. The number of nitrogens with zero attached hydrogens (tertiary/aromatic N) is 1. The summed E-state index contributed by atoms with van der Waals surface area (Å²) in [5.41, 5.74) is 0.649. The maximum Gasteiger partial charge on any atom is 0.166 e. The second kappa shape index (κ2) is 5.69. The smallest absolute Gasteiger partial charge is 0.166 e. The molecule has 2 unspecified atom stereocenters. The number of carbonyl (C=O) groups is 1. The zero-order valence-electron chi connectivity index (χ0n) is 13.2. The molecular formula is C19H20FNO2. The van der Waals surface area contributed by atoms with E-state index in [1.807, 2.05) is 12.1 Å². The van der Waals surface area contributed by atoms with Crippen molar-refractivity contribution in [3.8, 4) is 0 Å². The van der Waals surface area contributed by atoms with Gasteiger partial charge in [0.2, 0.25) is 0 Å². The van der Waals surface area contributed by atoms with E-state index in [0.717, 1.165) is 18.2 Å². The van der Waals surface area contributed by atoms with Gasteiger partial charge in [0.15, 0.2) is 5.78 Å². The van der Waals surface area contributed by atoms with Gasteiger partial charge in [0.25, 0.3) is 0 Å². The zero-order chi connectivity index (χ0) is 16.0. The molecule has 3 nitrogen and oxygen atoms in total. The van der Waals surface area contributed by atoms with E-state index in [9.17, 15) is 9.18 Å². The van der Waals surface area contributed by atoms with Gasteiger partial charge in [0, 0.05) is 29.0 Å². The van der Waals surface area contributed by atoms with Crippen molar-refractivity contribution in [1.29, 1.82) is 0 Å². The third-order valence-electron chi connectivity index (χ3n) is 5.39. The predicted octanol–water partition coefficient (Wildman–Crippen LogP) is 3.27. The largest absolute Gasteiger partial charge is 0.378 e. The Bertz CT molecular complexity index is 746. The Kier molecular flexibility index (Phi) is 3.66. The first kappa shape index (κ1) is 14.8. The quantitative estimate of drug-likeness (QED) is 0.797. The Labute approximate surface area is 135 Å². The summed E-state index contributed by atoms with van der Waals surface area (Å²) >= 11 is 0. The van der Waals surface area contributed by atoms with E-state index in [1.165, 1.54) is 6.07 Å². The first-order valence-electron chi connectivity index (χ1n) is 8.16. The van der Waals surface area contributed by atoms with E-state index < -0.39 is 0 Å². The molecule has 2 aliphatic rings. The number of ketones is 1. The van der Waals surface area contributed by atoms with Gasteiger partial charge in [-0.3, -0.25) is 9.69 Å². The van der Waals surface area contributed by atoms with Gasteiger partial charge in [0.1, 0.15) is 5.82 Å². The van der Waals surface area contributed by atoms with Crippen molar-refractivity contribution in [3.63, 3.8) is 0 Å². The van der Waals surface area contributed by atoms with Crippen molar-refractivity contribution in [1.82, 2.24) is 4.90 Å². The number of rotatable bonds is 2. The molecule has 2 aromatic carbocycles. The number of hydrogen-bond acceptors (Lipinski definition) is 3. The normalized spacial score (nSPS) is 28.0. The molecule has 2 fully saturated rings. The van der Waals surface area contributed by atoms with Gasteiger partial charge in [-0.2, -0.15) is 0 Å². The van der Waals surface area contributed by atoms with E-state index in [1.54, 1.807) is 18.2 Å². The number of likely N-dealkylation sites (N-methyl/N-ethyl adjacent to an activating group) is 1. The van der Waals surface area contributed by atoms with Gasteiger partial charge >= 0.3 is 0 Å². The number of fused-ring (bicyclic) bond motifs is 3. The van der Waals surface area contributed by atoms with E-state index in [2.05, 4.69) is 11.9 Å². The second-order valence-corrected chi connectivity index (χ2v) is 6.68. The number of hydrogen-bond donors (Lipinski definition) is 0. The van der Waals surface area contributed by atoms with E-state index in [0.29, 0.717) is 36.2 Å². The van der Waals surface area contributed by atoms with Gasteiger partial charge in [-0.25, -0.2) is 4.39 Å². The summed E-state index contributed by atoms with van der Waals surface area (Å²) < 4.78 is 19.6. The van der Waals surface area contributed by atoms with Crippen molar-refractivity contribution in [2.45, 2.75) is 24.9 Å². The molecule has 0 amide bonds. The topological polar surface area (TPSA) is 29.5 Å². The van der Waals surface area contributed by atoms with E-state index in [-0.39, 0.29) is 17.5 Å². The highest BCUT2D eigenvalue weighted by atomic mass is 19.1. The fourth-order valence-electron chi connectivity index (χ4n) is 4.01. The molecule has 0 N–H and O–H groups in total. The fourth-order valence-corrected chi connectivity index (χ4v) is 4.01. The van der Waals surface area contributed by atoms with Gasteiger partial charge in [-0.15, -0.1) is 0 Å². The minimum atomic E-state index is -0.272. The number of morpholine rings is 1. The monoisotopic (exact) mass is 313 g/mol. The summed E-state index contributed by atoms with van der Waals surface area (Å²) in [6.45, 7) is 1.39. The molecule has 2 aliphatic heterocycles. The summed E-state index contributed by atoms with van der Waals surface area (Å²) in [6.07, 6.45) is 1.63. The second-order valence-electron chi connectivity index (χ2n) is 6.68. The summed E-state index contributed by atoms with van der Waals surface area (Å²) in [7, 11) is 2.12. The number of halogens is 1. The van der Waals surface area contributed by atoms with Gasteiger partial charge in [-0.05, 0) is 37.4 Å². The van der Waals surface area contributed by atoms with Crippen LogP contribution in [0.1, 0.15) is 23.2 Å². The number of carbonyl (C=O) groups excluding carboxylic acids is 1. The number of ether oxygens (including phenoxy) is 1. The lowest BCUT2D eigenvalue weighted by Crippen LogP contribution is -2.55. The van der Waals surface area contributed by atoms with Crippen molar-refractivity contribution in [3.05, 3.63) is 47.8 Å². The molecule has 4 heteroatoms. The molecule has 0 aromatic heterocycles. The van der Waals surface area contributed by atoms with Gasteiger partial charge in [-0.1, -0.05) is 24.3 Å². The van der Waals surface area contributed by atoms with Crippen LogP contribution in [0.2, 0.25) is 0 Å². The molecule has 2 bridgehead atoms. The van der Waals surface area contributed by atoms with Crippen LogP contribution in [0.25, 0.3) is 10.8 Å². The lowest BCUT2D eigenvalue weighted by atomic mass is 9.80. The molecule has 0 saturated carbocycles. The van der Waals surface area contributed by atoms with Crippen LogP contribution in [0.5, 0.6) is 0 Å². The van der Waals surface area contributed by atoms with Crippen LogP contribution in [0, 0.1) is 11.7 Å². The minimum Gasteiger partial charge on any atom is -0.378 e. The van der Waals surface area contributed by atoms with Crippen LogP contribution in [0.15, 0.2) is 36.4 Å². The highest BCUT2D eigenvalue weighted by molar-refractivity contribution is 6.09. The molecule has 2 heterocycles. The number of benzene rings is 2. The van der Waals surface area contributed by atoms with Gasteiger partial charge in [0.05, 0.1) is 13.2 Å². The van der Waals surface area contributed by atoms with Crippen molar-refractivity contribution in [2.75, 3.05) is 20.3 Å². The summed E-state index contributed by atoms with van der Waals surface area (Å²) in [5.74, 6) is -0.129. The third-order valence-corrected chi connectivity index (χ3v) is 5.39. The minimum absolute atomic E-state index is 0.000956. The molecule has 23 heavy (non-hydrogen) atoms. The molecule has 0 aliphatic carbocycles. The maximum atomic E-state index is 14.0. The first-order chi connectivity index (χ1) is 11.1. The van der Waals surface area contributed by atoms with Crippen LogP contribution in [-0.2, 0) is 4.74 Å².